The molecule has 4 rings (SSSR count). The minimum Gasteiger partial charge on any atom is -0.346 e. The van der Waals surface area contributed by atoms with E-state index in [1.54, 1.807) is 6.20 Å². The minimum atomic E-state index is 0.459. The van der Waals surface area contributed by atoms with Crippen molar-refractivity contribution in [3.05, 3.63) is 24.8 Å². The maximum absolute atomic E-state index is 8.83. The molecule has 3 aromatic rings. The molecule has 1 N–H and O–H groups in total. The van der Waals surface area contributed by atoms with Crippen molar-refractivity contribution < 1.29 is 0 Å². The van der Waals surface area contributed by atoms with Crippen LogP contribution in [0.3, 0.4) is 0 Å². The molecule has 0 saturated carbocycles. The third-order valence-corrected chi connectivity index (χ3v) is 4.02. The van der Waals surface area contributed by atoms with Gasteiger partial charge in [0.25, 0.3) is 0 Å². The van der Waals surface area contributed by atoms with E-state index in [1.807, 2.05) is 18.6 Å². The maximum atomic E-state index is 8.83. The number of aromatic nitrogens is 4. The van der Waals surface area contributed by atoms with Gasteiger partial charge in [-0.2, -0.15) is 5.26 Å². The summed E-state index contributed by atoms with van der Waals surface area (Å²) in [7, 11) is 0. The molecular formula is C14H14N6. The molecule has 0 aliphatic carbocycles. The van der Waals surface area contributed by atoms with Crippen LogP contribution in [0.15, 0.2) is 24.8 Å². The Morgan fingerprint density at radius 3 is 3.30 bits per heavy atom. The first kappa shape index (κ1) is 11.3. The van der Waals surface area contributed by atoms with E-state index in [4.69, 9.17) is 5.26 Å². The van der Waals surface area contributed by atoms with Gasteiger partial charge >= 0.3 is 0 Å². The highest BCUT2D eigenvalue weighted by Gasteiger charge is 2.24. The molecule has 4 heterocycles. The van der Waals surface area contributed by atoms with Gasteiger partial charge < -0.3 is 9.99 Å². The fraction of sp³-hybridized carbons (Fsp3) is 0.357. The number of H-pyrrole nitrogens is 1. The van der Waals surface area contributed by atoms with Crippen LogP contribution in [0.2, 0.25) is 0 Å². The predicted octanol–water partition coefficient (Wildman–Crippen LogP) is 1.78. The number of aromatic amines is 1. The summed E-state index contributed by atoms with van der Waals surface area (Å²) in [6.07, 6.45) is 7.25. The Hall–Kier alpha value is -2.55. The zero-order valence-corrected chi connectivity index (χ0v) is 11.0. The predicted molar refractivity (Wildman–Crippen MR) is 75.7 cm³/mol. The third kappa shape index (κ3) is 1.56. The summed E-state index contributed by atoms with van der Waals surface area (Å²) in [6.45, 7) is 1.87. The van der Waals surface area contributed by atoms with Gasteiger partial charge in [0.05, 0.1) is 12.3 Å². The van der Waals surface area contributed by atoms with Crippen LogP contribution in [0.1, 0.15) is 12.8 Å². The van der Waals surface area contributed by atoms with Crippen LogP contribution in [-0.2, 0) is 0 Å². The maximum Gasteiger partial charge on any atom is 0.139 e. The lowest BCUT2D eigenvalue weighted by atomic mass is 10.1. The van der Waals surface area contributed by atoms with Gasteiger partial charge in [-0.3, -0.25) is 0 Å². The van der Waals surface area contributed by atoms with Crippen LogP contribution in [0, 0.1) is 17.2 Å². The molecule has 0 amide bonds. The molecule has 0 radical (unpaired) electrons. The minimum absolute atomic E-state index is 0.459. The van der Waals surface area contributed by atoms with Crippen molar-refractivity contribution >= 4 is 22.1 Å². The van der Waals surface area contributed by atoms with Crippen LogP contribution in [0.25, 0.3) is 22.1 Å². The molecule has 1 saturated heterocycles. The van der Waals surface area contributed by atoms with Crippen LogP contribution >= 0.6 is 0 Å². The molecular weight excluding hydrogens is 252 g/mol. The van der Waals surface area contributed by atoms with Crippen molar-refractivity contribution in [3.63, 3.8) is 0 Å². The van der Waals surface area contributed by atoms with Gasteiger partial charge in [-0.15, -0.1) is 0 Å². The molecule has 20 heavy (non-hydrogen) atoms. The second kappa shape index (κ2) is 4.23. The number of imidazole rings is 1. The van der Waals surface area contributed by atoms with E-state index in [2.05, 4.69) is 30.7 Å². The first-order valence-corrected chi connectivity index (χ1v) is 6.78. The number of nitrogens with zero attached hydrogens (tertiary/aromatic N) is 5. The lowest BCUT2D eigenvalue weighted by Crippen LogP contribution is -2.31. The van der Waals surface area contributed by atoms with Crippen molar-refractivity contribution in [3.8, 4) is 6.07 Å². The highest BCUT2D eigenvalue weighted by atomic mass is 15.6. The Morgan fingerprint density at radius 2 is 2.40 bits per heavy atom. The Bertz CT molecular complexity index is 808. The zero-order chi connectivity index (χ0) is 13.5. The molecule has 6 nitrogen and oxygen atoms in total. The number of nitrogens with one attached hydrogen (secondary N) is 1. The van der Waals surface area contributed by atoms with Gasteiger partial charge in [0.1, 0.15) is 23.0 Å². The molecule has 6 heteroatoms. The first-order valence-electron chi connectivity index (χ1n) is 6.78. The standard InChI is InChI=1S/C14H14N6/c15-4-1-10-3-6-19(8-10)20-9-18-12-7-17-14-11(13(12)20)2-5-16-14/h2,5,7,9-10H,1,3,6,8H2,(H,16,17). The van der Waals surface area contributed by atoms with E-state index >= 15 is 0 Å². The summed E-state index contributed by atoms with van der Waals surface area (Å²) >= 11 is 0. The molecule has 1 fully saturated rings. The van der Waals surface area contributed by atoms with Gasteiger partial charge in [-0.1, -0.05) is 0 Å². The molecule has 1 aliphatic heterocycles. The summed E-state index contributed by atoms with van der Waals surface area (Å²) in [4.78, 5) is 11.9. The van der Waals surface area contributed by atoms with Gasteiger partial charge in [0.15, 0.2) is 0 Å². The van der Waals surface area contributed by atoms with Crippen molar-refractivity contribution in [2.45, 2.75) is 12.8 Å². The Balaban J connectivity index is 1.81. The van der Waals surface area contributed by atoms with E-state index in [0.717, 1.165) is 41.6 Å². The Kier molecular flexibility index (Phi) is 2.39. The monoisotopic (exact) mass is 266 g/mol. The molecule has 1 aliphatic rings. The summed E-state index contributed by atoms with van der Waals surface area (Å²) < 4.78 is 2.12. The molecule has 3 aromatic heterocycles. The fourth-order valence-electron chi connectivity index (χ4n) is 3.01. The second-order valence-corrected chi connectivity index (χ2v) is 5.25. The molecule has 1 unspecified atom stereocenters. The van der Waals surface area contributed by atoms with E-state index in [-0.39, 0.29) is 0 Å². The summed E-state index contributed by atoms with van der Waals surface area (Å²) in [6, 6.07) is 4.31. The number of nitriles is 1. The van der Waals surface area contributed by atoms with E-state index in [0.29, 0.717) is 12.3 Å². The fourth-order valence-corrected chi connectivity index (χ4v) is 3.01. The Labute approximate surface area is 115 Å². The van der Waals surface area contributed by atoms with Crippen molar-refractivity contribution in [2.24, 2.45) is 5.92 Å². The van der Waals surface area contributed by atoms with E-state index in [1.165, 1.54) is 0 Å². The molecule has 0 aromatic carbocycles. The molecule has 0 spiro atoms. The third-order valence-electron chi connectivity index (χ3n) is 4.02. The lowest BCUT2D eigenvalue weighted by Gasteiger charge is -2.20. The SMILES string of the molecule is N#CCC1CCN(n2cnc3cnc4[nH]ccc4c32)C1. The second-order valence-electron chi connectivity index (χ2n) is 5.25. The van der Waals surface area contributed by atoms with Crippen LogP contribution < -0.4 is 5.01 Å². The molecule has 100 valence electrons. The summed E-state index contributed by atoms with van der Waals surface area (Å²) in [5, 5.41) is 12.2. The van der Waals surface area contributed by atoms with Crippen molar-refractivity contribution in [1.29, 1.82) is 5.26 Å². The topological polar surface area (TPSA) is 73.5 Å². The van der Waals surface area contributed by atoms with E-state index < -0.39 is 0 Å². The highest BCUT2D eigenvalue weighted by Crippen LogP contribution is 2.25. The number of hydrogen-bond acceptors (Lipinski definition) is 4. The van der Waals surface area contributed by atoms with Crippen molar-refractivity contribution in [2.75, 3.05) is 18.1 Å². The number of rotatable bonds is 2. The summed E-state index contributed by atoms with van der Waals surface area (Å²) in [5.74, 6) is 0.459. The number of fused-ring (bicyclic) bond motifs is 3. The van der Waals surface area contributed by atoms with Crippen molar-refractivity contribution in [1.82, 2.24) is 19.6 Å². The van der Waals surface area contributed by atoms with Gasteiger partial charge in [0, 0.05) is 31.1 Å². The van der Waals surface area contributed by atoms with Crippen LogP contribution in [-0.4, -0.2) is 32.7 Å². The molecule has 1 atom stereocenters. The quantitative estimate of drug-likeness (QED) is 0.767. The van der Waals surface area contributed by atoms with Crippen LogP contribution in [0.5, 0.6) is 0 Å². The highest BCUT2D eigenvalue weighted by molar-refractivity contribution is 6.01. The van der Waals surface area contributed by atoms with E-state index in [9.17, 15) is 0 Å². The summed E-state index contributed by atoms with van der Waals surface area (Å²) in [5.41, 5.74) is 2.88. The van der Waals surface area contributed by atoms with Gasteiger partial charge in [-0.25, -0.2) is 14.6 Å². The number of pyridine rings is 1. The first-order chi connectivity index (χ1) is 9.86. The van der Waals surface area contributed by atoms with Crippen LogP contribution in [0.4, 0.5) is 0 Å². The molecule has 0 bridgehead atoms. The Morgan fingerprint density at radius 1 is 1.45 bits per heavy atom. The zero-order valence-electron chi connectivity index (χ0n) is 11.0. The average molecular weight is 266 g/mol. The normalized spacial score (nSPS) is 18.9. The smallest absolute Gasteiger partial charge is 0.139 e. The number of hydrogen-bond donors (Lipinski definition) is 1. The largest absolute Gasteiger partial charge is 0.346 e. The average Bonchev–Trinajstić information content (AvgIpc) is 3.16. The van der Waals surface area contributed by atoms with Gasteiger partial charge in [0.2, 0.25) is 0 Å². The lowest BCUT2D eigenvalue weighted by molar-refractivity contribution is 0.585. The van der Waals surface area contributed by atoms with Gasteiger partial charge in [-0.05, 0) is 18.4 Å².